The van der Waals surface area contributed by atoms with Crippen LogP contribution in [0, 0.1) is 5.82 Å². The molecular weight excluding hydrogens is 319 g/mol. The summed E-state index contributed by atoms with van der Waals surface area (Å²) in [4.78, 5) is 12.2. The maximum Gasteiger partial charge on any atom is 0.346 e. The lowest BCUT2D eigenvalue weighted by atomic mass is 10.1. The van der Waals surface area contributed by atoms with Gasteiger partial charge < -0.3 is 9.15 Å². The number of hydrogen-bond acceptors (Lipinski definition) is 3. The normalized spacial score (nSPS) is 11.3. The Bertz CT molecular complexity index is 790. The second kappa shape index (κ2) is 9.82. The summed E-state index contributed by atoms with van der Waals surface area (Å²) in [6.45, 7) is 6.14. The average molecular weight is 344 g/mol. The molecule has 1 aromatic carbocycles. The Morgan fingerprint density at radius 2 is 2.04 bits per heavy atom. The first-order valence-corrected chi connectivity index (χ1v) is 8.81. The molecule has 0 atom stereocenters. The van der Waals surface area contributed by atoms with E-state index in [1.54, 1.807) is 18.2 Å². The van der Waals surface area contributed by atoms with Gasteiger partial charge in [-0.05, 0) is 43.2 Å². The summed E-state index contributed by atoms with van der Waals surface area (Å²) in [5, 5.41) is 0.501. The van der Waals surface area contributed by atoms with Crippen LogP contribution in [0.1, 0.15) is 44.8 Å². The average Bonchev–Trinajstić information content (AvgIpc) is 2.60. The van der Waals surface area contributed by atoms with Gasteiger partial charge in [-0.3, -0.25) is 0 Å². The summed E-state index contributed by atoms with van der Waals surface area (Å²) < 4.78 is 25.2. The molecule has 0 amide bonds. The predicted molar refractivity (Wildman–Crippen MR) is 99.7 cm³/mol. The number of halogens is 1. The molecule has 0 aliphatic carbocycles. The molecule has 0 bridgehead atoms. The first-order valence-electron chi connectivity index (χ1n) is 8.81. The summed E-state index contributed by atoms with van der Waals surface area (Å²) in [6, 6.07) is 5.01. The van der Waals surface area contributed by atoms with Crippen LogP contribution in [0.25, 0.3) is 10.8 Å². The van der Waals surface area contributed by atoms with E-state index in [1.807, 2.05) is 13.0 Å². The van der Waals surface area contributed by atoms with Crippen molar-refractivity contribution in [3.05, 3.63) is 65.0 Å². The first-order chi connectivity index (χ1) is 12.2. The molecule has 0 saturated carbocycles. The molecule has 0 unspecified atom stereocenters. The molecule has 25 heavy (non-hydrogen) atoms. The molecule has 0 spiro atoms. The molecule has 0 aliphatic heterocycles. The van der Waals surface area contributed by atoms with Gasteiger partial charge in [0.15, 0.2) is 11.6 Å². The number of aryl methyl sites for hydroxylation is 1. The van der Waals surface area contributed by atoms with Crippen LogP contribution in [0.3, 0.4) is 0 Å². The largest absolute Gasteiger partial charge is 0.490 e. The lowest BCUT2D eigenvalue weighted by molar-refractivity contribution is 0.295. The van der Waals surface area contributed by atoms with Crippen LogP contribution in [0.4, 0.5) is 4.39 Å². The molecule has 1 heterocycles. The van der Waals surface area contributed by atoms with Crippen LogP contribution in [-0.2, 0) is 6.42 Å². The highest BCUT2D eigenvalue weighted by molar-refractivity contribution is 5.83. The van der Waals surface area contributed by atoms with Crippen LogP contribution < -0.4 is 10.4 Å². The van der Waals surface area contributed by atoms with Crippen molar-refractivity contribution in [3.8, 4) is 5.75 Å². The van der Waals surface area contributed by atoms with Crippen molar-refractivity contribution in [1.29, 1.82) is 0 Å². The third kappa shape index (κ3) is 5.31. The van der Waals surface area contributed by atoms with Gasteiger partial charge in [-0.1, -0.05) is 37.6 Å². The molecular formula is C21H25FO3. The van der Waals surface area contributed by atoms with Gasteiger partial charge in [0.05, 0.1) is 6.61 Å². The highest BCUT2D eigenvalue weighted by Crippen LogP contribution is 2.25. The van der Waals surface area contributed by atoms with Crippen molar-refractivity contribution in [1.82, 2.24) is 0 Å². The highest BCUT2D eigenvalue weighted by Gasteiger charge is 2.14. The summed E-state index contributed by atoms with van der Waals surface area (Å²) in [7, 11) is 0. The van der Waals surface area contributed by atoms with E-state index >= 15 is 0 Å². The topological polar surface area (TPSA) is 39.4 Å². The zero-order chi connectivity index (χ0) is 18.1. The molecule has 0 N–H and O–H groups in total. The van der Waals surface area contributed by atoms with E-state index in [0.29, 0.717) is 24.2 Å². The summed E-state index contributed by atoms with van der Waals surface area (Å²) in [5.41, 5.74) is -0.651. The molecule has 0 saturated heterocycles. The minimum Gasteiger partial charge on any atom is -0.490 e. The van der Waals surface area contributed by atoms with Crippen LogP contribution in [0.15, 0.2) is 52.2 Å². The highest BCUT2D eigenvalue weighted by atomic mass is 19.1. The van der Waals surface area contributed by atoms with Gasteiger partial charge in [0, 0.05) is 6.42 Å². The molecule has 0 aliphatic rings. The van der Waals surface area contributed by atoms with E-state index in [2.05, 4.69) is 18.7 Å². The number of rotatable bonds is 10. The molecule has 1 aromatic heterocycles. The number of benzene rings is 1. The van der Waals surface area contributed by atoms with Gasteiger partial charge in [-0.25, -0.2) is 9.18 Å². The Labute approximate surface area is 147 Å². The third-order valence-electron chi connectivity index (χ3n) is 3.90. The summed E-state index contributed by atoms with van der Waals surface area (Å²) in [6.07, 6.45) is 11.1. The molecule has 4 heteroatoms. The molecule has 0 radical (unpaired) electrons. The van der Waals surface area contributed by atoms with Crippen molar-refractivity contribution < 1.29 is 13.5 Å². The van der Waals surface area contributed by atoms with E-state index in [4.69, 9.17) is 9.15 Å². The molecule has 3 nitrogen and oxygen atoms in total. The monoisotopic (exact) mass is 344 g/mol. The SMILES string of the molecule is C=CCC/C=C/CCc1cc2ccc(OCCCC)c(F)c2c(=O)o1. The van der Waals surface area contributed by atoms with E-state index in [1.165, 1.54) is 0 Å². The van der Waals surface area contributed by atoms with E-state index in [9.17, 15) is 9.18 Å². The summed E-state index contributed by atoms with van der Waals surface area (Å²) in [5.74, 6) is 0.0225. The maximum atomic E-state index is 14.5. The van der Waals surface area contributed by atoms with Gasteiger partial charge in [0.1, 0.15) is 11.1 Å². The van der Waals surface area contributed by atoms with Crippen molar-refractivity contribution in [2.75, 3.05) is 6.61 Å². The smallest absolute Gasteiger partial charge is 0.346 e. The number of unbranched alkanes of at least 4 members (excludes halogenated alkanes) is 2. The fourth-order valence-corrected chi connectivity index (χ4v) is 2.51. The Kier molecular flexibility index (Phi) is 7.45. The fraction of sp³-hybridized carbons (Fsp3) is 0.381. The van der Waals surface area contributed by atoms with E-state index in [0.717, 1.165) is 32.1 Å². The van der Waals surface area contributed by atoms with Crippen LogP contribution >= 0.6 is 0 Å². The number of fused-ring (bicyclic) bond motifs is 1. The van der Waals surface area contributed by atoms with Gasteiger partial charge in [-0.15, -0.1) is 6.58 Å². The lowest BCUT2D eigenvalue weighted by Gasteiger charge is -2.08. The molecule has 2 rings (SSSR count). The van der Waals surface area contributed by atoms with Gasteiger partial charge in [0.2, 0.25) is 0 Å². The lowest BCUT2D eigenvalue weighted by Crippen LogP contribution is -2.07. The minimum absolute atomic E-state index is 0.0423. The standard InChI is InChI=1S/C21H25FO3/c1-3-5-7-8-9-10-11-17-15-16-12-13-18(24-14-6-4-2)20(22)19(16)21(23)25-17/h3,8-9,12-13,15H,1,4-7,10-11,14H2,2H3/b9-8+. The van der Waals surface area contributed by atoms with Crippen LogP contribution in [-0.4, -0.2) is 6.61 Å². The van der Waals surface area contributed by atoms with Crippen molar-refractivity contribution in [2.45, 2.75) is 45.4 Å². The third-order valence-corrected chi connectivity index (χ3v) is 3.90. The second-order valence-corrected chi connectivity index (χ2v) is 5.92. The number of ether oxygens (including phenoxy) is 1. The Hall–Kier alpha value is -2.36. The number of allylic oxidation sites excluding steroid dienone is 3. The van der Waals surface area contributed by atoms with E-state index in [-0.39, 0.29) is 11.1 Å². The van der Waals surface area contributed by atoms with Crippen molar-refractivity contribution in [3.63, 3.8) is 0 Å². The predicted octanol–water partition coefficient (Wildman–Crippen LogP) is 5.57. The molecule has 134 valence electrons. The Balaban J connectivity index is 2.13. The van der Waals surface area contributed by atoms with Gasteiger partial charge >= 0.3 is 5.63 Å². The first kappa shape index (κ1) is 19.0. The summed E-state index contributed by atoms with van der Waals surface area (Å²) >= 11 is 0. The zero-order valence-corrected chi connectivity index (χ0v) is 14.7. The Morgan fingerprint density at radius 1 is 1.24 bits per heavy atom. The number of hydrogen-bond donors (Lipinski definition) is 0. The van der Waals surface area contributed by atoms with Crippen LogP contribution in [0.5, 0.6) is 5.75 Å². The zero-order valence-electron chi connectivity index (χ0n) is 14.7. The quantitative estimate of drug-likeness (QED) is 0.418. The molecule has 0 fully saturated rings. The maximum absolute atomic E-state index is 14.5. The van der Waals surface area contributed by atoms with Crippen LogP contribution in [0.2, 0.25) is 0 Å². The van der Waals surface area contributed by atoms with Gasteiger partial charge in [-0.2, -0.15) is 0 Å². The van der Waals surface area contributed by atoms with E-state index < -0.39 is 11.4 Å². The molecule has 2 aromatic rings. The second-order valence-electron chi connectivity index (χ2n) is 5.92. The Morgan fingerprint density at radius 3 is 2.80 bits per heavy atom. The minimum atomic E-state index is -0.651. The fourth-order valence-electron chi connectivity index (χ4n) is 2.51. The van der Waals surface area contributed by atoms with Crippen molar-refractivity contribution >= 4 is 10.8 Å². The van der Waals surface area contributed by atoms with Gasteiger partial charge in [0.25, 0.3) is 0 Å². The van der Waals surface area contributed by atoms with Crippen molar-refractivity contribution in [2.24, 2.45) is 0 Å².